The Kier molecular flexibility index (Phi) is 4.52. The van der Waals surface area contributed by atoms with Crippen LogP contribution in [0.4, 0.5) is 18.9 Å². The van der Waals surface area contributed by atoms with Crippen molar-refractivity contribution in [1.82, 2.24) is 20.3 Å². The van der Waals surface area contributed by atoms with E-state index < -0.39 is 18.1 Å². The molecule has 0 aliphatic heterocycles. The smallest absolute Gasteiger partial charge is 0.314 e. The van der Waals surface area contributed by atoms with Gasteiger partial charge in [-0.2, -0.15) is 13.8 Å². The van der Waals surface area contributed by atoms with Crippen molar-refractivity contribution < 1.29 is 22.1 Å². The second-order valence-electron chi connectivity index (χ2n) is 5.86. The Bertz CT molecular complexity index is 1110. The molecule has 10 heteroatoms. The maximum atomic E-state index is 14.4. The second kappa shape index (κ2) is 7.14. The zero-order chi connectivity index (χ0) is 19.7. The van der Waals surface area contributed by atoms with Crippen LogP contribution in [0.2, 0.25) is 0 Å². The van der Waals surface area contributed by atoms with Crippen molar-refractivity contribution in [3.05, 3.63) is 65.6 Å². The molecule has 0 aliphatic carbocycles. The van der Waals surface area contributed by atoms with E-state index in [0.717, 1.165) is 6.07 Å². The summed E-state index contributed by atoms with van der Waals surface area (Å²) in [6.45, 7) is 0. The van der Waals surface area contributed by atoms with Gasteiger partial charge in [-0.3, -0.25) is 0 Å². The van der Waals surface area contributed by atoms with E-state index in [0.29, 0.717) is 17.1 Å². The predicted octanol–water partition coefficient (Wildman–Crippen LogP) is 4.04. The summed E-state index contributed by atoms with van der Waals surface area (Å²) in [5.74, 6) is -1.03. The largest absolute Gasteiger partial charge is 0.415 e. The Labute approximate surface area is 156 Å². The van der Waals surface area contributed by atoms with Gasteiger partial charge < -0.3 is 14.7 Å². The van der Waals surface area contributed by atoms with E-state index in [1.807, 2.05) is 0 Å². The van der Waals surface area contributed by atoms with Crippen LogP contribution in [0.1, 0.15) is 23.8 Å². The van der Waals surface area contributed by atoms with E-state index >= 15 is 0 Å². The molecular formula is C18H12F3N5O2. The minimum absolute atomic E-state index is 0.0558. The summed E-state index contributed by atoms with van der Waals surface area (Å²) in [6, 6.07) is 11.0. The lowest BCUT2D eigenvalue weighted by Gasteiger charge is -2.01. The Hall–Kier alpha value is -3.69. The van der Waals surface area contributed by atoms with Gasteiger partial charge in [0.1, 0.15) is 5.82 Å². The van der Waals surface area contributed by atoms with Crippen molar-refractivity contribution >= 4 is 5.69 Å². The molecule has 142 valence electrons. The third kappa shape index (κ3) is 3.56. The fourth-order valence-corrected chi connectivity index (χ4v) is 2.50. The summed E-state index contributed by atoms with van der Waals surface area (Å²) >= 11 is 0. The molecule has 2 aromatic carbocycles. The van der Waals surface area contributed by atoms with Crippen LogP contribution in [0.15, 0.2) is 51.4 Å². The molecule has 28 heavy (non-hydrogen) atoms. The maximum absolute atomic E-state index is 14.4. The number of nitrogen functional groups attached to an aromatic ring is 1. The van der Waals surface area contributed by atoms with Crippen LogP contribution >= 0.6 is 0 Å². The van der Waals surface area contributed by atoms with Gasteiger partial charge in [-0.15, -0.1) is 10.2 Å². The van der Waals surface area contributed by atoms with Gasteiger partial charge in [-0.05, 0) is 42.0 Å². The van der Waals surface area contributed by atoms with E-state index in [1.165, 1.54) is 12.1 Å². The van der Waals surface area contributed by atoms with Crippen LogP contribution in [0.3, 0.4) is 0 Å². The maximum Gasteiger partial charge on any atom is 0.314 e. The molecule has 0 radical (unpaired) electrons. The van der Waals surface area contributed by atoms with Gasteiger partial charge in [-0.1, -0.05) is 11.2 Å². The Morgan fingerprint density at radius 3 is 2.43 bits per heavy atom. The average molecular weight is 387 g/mol. The first-order chi connectivity index (χ1) is 13.5. The van der Waals surface area contributed by atoms with Crippen LogP contribution in [0.5, 0.6) is 0 Å². The first-order valence-corrected chi connectivity index (χ1v) is 8.08. The number of benzene rings is 2. The van der Waals surface area contributed by atoms with Crippen LogP contribution in [-0.4, -0.2) is 20.3 Å². The molecule has 7 nitrogen and oxygen atoms in total. The van der Waals surface area contributed by atoms with Crippen molar-refractivity contribution in [2.75, 3.05) is 5.73 Å². The topological polar surface area (TPSA) is 104 Å². The molecule has 0 saturated heterocycles. The SMILES string of the molecule is Nc1ccc(-c2noc(Cc3ccc(-c4nnc(C(F)F)o4)cc3F)n2)cc1. The molecular weight excluding hydrogens is 375 g/mol. The van der Waals surface area contributed by atoms with Crippen molar-refractivity contribution in [3.63, 3.8) is 0 Å². The molecule has 0 unspecified atom stereocenters. The predicted molar refractivity (Wildman–Crippen MR) is 91.6 cm³/mol. The fourth-order valence-electron chi connectivity index (χ4n) is 2.50. The van der Waals surface area contributed by atoms with Crippen LogP contribution in [0, 0.1) is 5.82 Å². The van der Waals surface area contributed by atoms with Crippen molar-refractivity contribution in [2.24, 2.45) is 0 Å². The van der Waals surface area contributed by atoms with Gasteiger partial charge in [0.05, 0.1) is 6.42 Å². The van der Waals surface area contributed by atoms with Gasteiger partial charge >= 0.3 is 6.43 Å². The summed E-state index contributed by atoms with van der Waals surface area (Å²) < 4.78 is 49.5. The van der Waals surface area contributed by atoms with E-state index in [-0.39, 0.29) is 29.3 Å². The molecule has 0 spiro atoms. The molecule has 0 saturated carbocycles. The molecule has 2 heterocycles. The van der Waals surface area contributed by atoms with Crippen LogP contribution in [0.25, 0.3) is 22.8 Å². The quantitative estimate of drug-likeness (QED) is 0.516. The van der Waals surface area contributed by atoms with Gasteiger partial charge in [-0.25, -0.2) is 4.39 Å². The molecule has 2 N–H and O–H groups in total. The van der Waals surface area contributed by atoms with Crippen LogP contribution < -0.4 is 5.73 Å². The highest BCUT2D eigenvalue weighted by Crippen LogP contribution is 2.26. The summed E-state index contributed by atoms with van der Waals surface area (Å²) in [4.78, 5) is 4.24. The minimum Gasteiger partial charge on any atom is -0.415 e. The third-order valence-corrected chi connectivity index (χ3v) is 3.91. The standard InChI is InChI=1S/C18H12F3N5O2/c19-13-7-11(17-24-25-18(27-17)15(20)21)2-1-10(13)8-14-23-16(26-28-14)9-3-5-12(22)6-4-9/h1-7,15H,8,22H2. The molecule has 0 atom stereocenters. The lowest BCUT2D eigenvalue weighted by molar-refractivity contribution is 0.116. The van der Waals surface area contributed by atoms with Crippen LogP contribution in [-0.2, 0) is 6.42 Å². The normalized spacial score (nSPS) is 11.3. The number of nitrogens with zero attached hydrogens (tertiary/aromatic N) is 4. The second-order valence-corrected chi connectivity index (χ2v) is 5.86. The van der Waals surface area contributed by atoms with Gasteiger partial charge in [0.15, 0.2) is 0 Å². The summed E-state index contributed by atoms with van der Waals surface area (Å²) in [5.41, 5.74) is 7.43. The number of nitrogens with two attached hydrogens (primary N) is 1. The van der Waals surface area contributed by atoms with Gasteiger partial charge in [0.2, 0.25) is 17.6 Å². The molecule has 0 bridgehead atoms. The number of hydrogen-bond donors (Lipinski definition) is 1. The highest BCUT2D eigenvalue weighted by Gasteiger charge is 2.18. The Morgan fingerprint density at radius 2 is 1.75 bits per heavy atom. The molecule has 0 aliphatic rings. The highest BCUT2D eigenvalue weighted by atomic mass is 19.3. The zero-order valence-corrected chi connectivity index (χ0v) is 14.1. The lowest BCUT2D eigenvalue weighted by atomic mass is 10.1. The van der Waals surface area contributed by atoms with Crippen molar-refractivity contribution in [3.8, 4) is 22.8 Å². The fraction of sp³-hybridized carbons (Fsp3) is 0.111. The Morgan fingerprint density at radius 1 is 1.00 bits per heavy atom. The summed E-state index contributed by atoms with van der Waals surface area (Å²) in [6.07, 6.45) is -2.83. The highest BCUT2D eigenvalue weighted by molar-refractivity contribution is 5.58. The Balaban J connectivity index is 1.53. The van der Waals surface area contributed by atoms with Gasteiger partial charge in [0.25, 0.3) is 5.89 Å². The number of anilines is 1. The number of rotatable bonds is 5. The van der Waals surface area contributed by atoms with E-state index in [2.05, 4.69) is 20.3 Å². The number of alkyl halides is 2. The number of hydrogen-bond acceptors (Lipinski definition) is 7. The monoisotopic (exact) mass is 387 g/mol. The summed E-state index contributed by atoms with van der Waals surface area (Å²) in [5, 5.41) is 10.6. The van der Waals surface area contributed by atoms with E-state index in [4.69, 9.17) is 14.7 Å². The molecule has 4 rings (SSSR count). The average Bonchev–Trinajstić information content (AvgIpc) is 3.34. The number of aromatic nitrogens is 4. The molecule has 0 fully saturated rings. The lowest BCUT2D eigenvalue weighted by Crippen LogP contribution is -1.94. The zero-order valence-electron chi connectivity index (χ0n) is 14.1. The molecule has 4 aromatic rings. The number of halogens is 3. The molecule has 2 aromatic heterocycles. The summed E-state index contributed by atoms with van der Waals surface area (Å²) in [7, 11) is 0. The third-order valence-electron chi connectivity index (χ3n) is 3.91. The first-order valence-electron chi connectivity index (χ1n) is 8.08. The first kappa shape index (κ1) is 17.7. The van der Waals surface area contributed by atoms with Crippen molar-refractivity contribution in [1.29, 1.82) is 0 Å². The van der Waals surface area contributed by atoms with Crippen molar-refractivity contribution in [2.45, 2.75) is 12.8 Å². The van der Waals surface area contributed by atoms with E-state index in [1.54, 1.807) is 24.3 Å². The minimum atomic E-state index is -2.89. The van der Waals surface area contributed by atoms with E-state index in [9.17, 15) is 13.2 Å². The van der Waals surface area contributed by atoms with Gasteiger partial charge in [0, 0.05) is 16.8 Å². The molecule has 0 amide bonds.